The van der Waals surface area contributed by atoms with Gasteiger partial charge in [-0.2, -0.15) is 0 Å². The van der Waals surface area contributed by atoms with Crippen molar-refractivity contribution in [3.63, 3.8) is 0 Å². The zero-order valence-corrected chi connectivity index (χ0v) is 13.7. The first kappa shape index (κ1) is 14.7. The molecule has 1 aliphatic rings. The summed E-state index contributed by atoms with van der Waals surface area (Å²) in [4.78, 5) is 18.8. The van der Waals surface area contributed by atoms with Crippen molar-refractivity contribution in [1.82, 2.24) is 14.5 Å². The van der Waals surface area contributed by atoms with Crippen LogP contribution in [0.15, 0.2) is 23.4 Å². The SMILES string of the molecule is CCN(C(=O)CSc1nc2cc(Cl)ccc2n1C)C1CC1. The Balaban J connectivity index is 1.73. The Bertz CT molecular complexity index is 681. The quantitative estimate of drug-likeness (QED) is 0.792. The molecule has 1 amide bonds. The second-order valence-electron chi connectivity index (χ2n) is 5.29. The molecule has 4 nitrogen and oxygen atoms in total. The van der Waals surface area contributed by atoms with Crippen LogP contribution >= 0.6 is 23.4 Å². The van der Waals surface area contributed by atoms with Gasteiger partial charge >= 0.3 is 0 Å². The van der Waals surface area contributed by atoms with Gasteiger partial charge in [0.15, 0.2) is 5.16 Å². The molecule has 21 heavy (non-hydrogen) atoms. The summed E-state index contributed by atoms with van der Waals surface area (Å²) in [6.45, 7) is 2.83. The van der Waals surface area contributed by atoms with Crippen LogP contribution in [-0.4, -0.2) is 38.7 Å². The highest BCUT2D eigenvalue weighted by Crippen LogP contribution is 2.29. The van der Waals surface area contributed by atoms with Crippen LogP contribution in [0.25, 0.3) is 11.0 Å². The maximum absolute atomic E-state index is 12.3. The number of rotatable bonds is 5. The summed E-state index contributed by atoms with van der Waals surface area (Å²) in [5.41, 5.74) is 1.90. The van der Waals surface area contributed by atoms with Gasteiger partial charge in [-0.15, -0.1) is 0 Å². The first-order valence-electron chi connectivity index (χ1n) is 7.14. The lowest BCUT2D eigenvalue weighted by Gasteiger charge is -2.19. The molecule has 1 aromatic heterocycles. The van der Waals surface area contributed by atoms with E-state index in [1.54, 1.807) is 0 Å². The Hall–Kier alpha value is -1.20. The molecule has 1 saturated carbocycles. The number of carbonyl (C=O) groups excluding carboxylic acids is 1. The van der Waals surface area contributed by atoms with E-state index in [9.17, 15) is 4.79 Å². The molecule has 0 saturated heterocycles. The smallest absolute Gasteiger partial charge is 0.233 e. The lowest BCUT2D eigenvalue weighted by atomic mass is 10.3. The Morgan fingerprint density at radius 3 is 2.95 bits per heavy atom. The van der Waals surface area contributed by atoms with Gasteiger partial charge in [0.1, 0.15) is 0 Å². The molecule has 112 valence electrons. The summed E-state index contributed by atoms with van der Waals surface area (Å²) < 4.78 is 2.01. The summed E-state index contributed by atoms with van der Waals surface area (Å²) in [5, 5.41) is 1.53. The van der Waals surface area contributed by atoms with E-state index in [-0.39, 0.29) is 5.91 Å². The van der Waals surface area contributed by atoms with Crippen LogP contribution in [0.1, 0.15) is 19.8 Å². The first-order chi connectivity index (χ1) is 10.1. The third kappa shape index (κ3) is 3.04. The molecule has 0 bridgehead atoms. The van der Waals surface area contributed by atoms with Gasteiger partial charge in [0.25, 0.3) is 0 Å². The Labute approximate surface area is 133 Å². The summed E-state index contributed by atoms with van der Waals surface area (Å²) in [7, 11) is 1.97. The minimum Gasteiger partial charge on any atom is -0.339 e. The molecule has 1 aliphatic carbocycles. The van der Waals surface area contributed by atoms with Crippen molar-refractivity contribution in [1.29, 1.82) is 0 Å². The monoisotopic (exact) mass is 323 g/mol. The maximum atomic E-state index is 12.3. The van der Waals surface area contributed by atoms with Gasteiger partial charge in [0.05, 0.1) is 16.8 Å². The topological polar surface area (TPSA) is 38.1 Å². The van der Waals surface area contributed by atoms with Crippen molar-refractivity contribution in [2.45, 2.75) is 31.0 Å². The predicted molar refractivity (Wildman–Crippen MR) is 86.9 cm³/mol. The number of imidazole rings is 1. The molecule has 0 spiro atoms. The number of aromatic nitrogens is 2. The Morgan fingerprint density at radius 1 is 1.52 bits per heavy atom. The van der Waals surface area contributed by atoms with Crippen LogP contribution in [0.2, 0.25) is 5.02 Å². The second-order valence-corrected chi connectivity index (χ2v) is 6.66. The highest BCUT2D eigenvalue weighted by Gasteiger charge is 2.31. The van der Waals surface area contributed by atoms with E-state index >= 15 is 0 Å². The van der Waals surface area contributed by atoms with Crippen molar-refractivity contribution in [3.05, 3.63) is 23.2 Å². The van der Waals surface area contributed by atoms with Crippen molar-refractivity contribution in [2.24, 2.45) is 7.05 Å². The fourth-order valence-electron chi connectivity index (χ4n) is 2.51. The van der Waals surface area contributed by atoms with Crippen LogP contribution in [-0.2, 0) is 11.8 Å². The molecule has 1 heterocycles. The van der Waals surface area contributed by atoms with Crippen LogP contribution in [0.4, 0.5) is 0 Å². The Morgan fingerprint density at radius 2 is 2.29 bits per heavy atom. The van der Waals surface area contributed by atoms with Crippen LogP contribution in [0.3, 0.4) is 0 Å². The van der Waals surface area contributed by atoms with E-state index in [0.717, 1.165) is 35.6 Å². The molecule has 2 aromatic rings. The highest BCUT2D eigenvalue weighted by atomic mass is 35.5. The van der Waals surface area contributed by atoms with Crippen LogP contribution in [0.5, 0.6) is 0 Å². The molecular formula is C15H18ClN3OS. The highest BCUT2D eigenvalue weighted by molar-refractivity contribution is 7.99. The molecule has 0 unspecified atom stereocenters. The van der Waals surface area contributed by atoms with Crippen molar-refractivity contribution in [3.8, 4) is 0 Å². The third-order valence-electron chi connectivity index (χ3n) is 3.78. The second kappa shape index (κ2) is 5.89. The molecule has 0 N–H and O–H groups in total. The Kier molecular flexibility index (Phi) is 4.13. The summed E-state index contributed by atoms with van der Waals surface area (Å²) >= 11 is 7.49. The fourth-order valence-corrected chi connectivity index (χ4v) is 3.55. The lowest BCUT2D eigenvalue weighted by molar-refractivity contribution is -0.128. The van der Waals surface area contributed by atoms with Crippen molar-refractivity contribution in [2.75, 3.05) is 12.3 Å². The zero-order chi connectivity index (χ0) is 15.0. The average molecular weight is 324 g/mol. The van der Waals surface area contributed by atoms with E-state index in [1.807, 2.05) is 41.6 Å². The molecule has 3 rings (SSSR count). The van der Waals surface area contributed by atoms with Gasteiger partial charge in [-0.25, -0.2) is 4.98 Å². The van der Waals surface area contributed by atoms with Crippen LogP contribution in [0, 0.1) is 0 Å². The van der Waals surface area contributed by atoms with Crippen molar-refractivity contribution < 1.29 is 4.79 Å². The summed E-state index contributed by atoms with van der Waals surface area (Å²) in [6, 6.07) is 6.14. The number of nitrogens with zero attached hydrogens (tertiary/aromatic N) is 3. The molecule has 0 aliphatic heterocycles. The normalized spacial score (nSPS) is 14.6. The number of benzene rings is 1. The van der Waals surface area contributed by atoms with E-state index in [1.165, 1.54) is 11.8 Å². The van der Waals surface area contributed by atoms with E-state index in [0.29, 0.717) is 16.8 Å². The lowest BCUT2D eigenvalue weighted by Crippen LogP contribution is -2.34. The minimum absolute atomic E-state index is 0.204. The van der Waals surface area contributed by atoms with Gasteiger partial charge in [0.2, 0.25) is 5.91 Å². The first-order valence-corrected chi connectivity index (χ1v) is 8.50. The largest absolute Gasteiger partial charge is 0.339 e. The number of aryl methyl sites for hydroxylation is 1. The van der Waals surface area contributed by atoms with Gasteiger partial charge in [-0.3, -0.25) is 4.79 Å². The number of carbonyl (C=O) groups is 1. The molecule has 1 aromatic carbocycles. The number of hydrogen-bond donors (Lipinski definition) is 0. The number of amides is 1. The molecule has 0 atom stereocenters. The standard InChI is InChI=1S/C15H18ClN3OS/c1-3-19(11-5-6-11)14(20)9-21-15-17-12-8-10(16)4-7-13(12)18(15)2/h4,7-8,11H,3,5-6,9H2,1-2H3. The van der Waals surface area contributed by atoms with Gasteiger partial charge in [-0.05, 0) is 38.0 Å². The number of thioether (sulfide) groups is 1. The van der Waals surface area contributed by atoms with Gasteiger partial charge in [-0.1, -0.05) is 23.4 Å². The van der Waals surface area contributed by atoms with E-state index < -0.39 is 0 Å². The van der Waals surface area contributed by atoms with E-state index in [2.05, 4.69) is 4.98 Å². The molecule has 6 heteroatoms. The zero-order valence-electron chi connectivity index (χ0n) is 12.2. The number of hydrogen-bond acceptors (Lipinski definition) is 3. The average Bonchev–Trinajstić information content (AvgIpc) is 3.23. The number of halogens is 1. The van der Waals surface area contributed by atoms with Crippen LogP contribution < -0.4 is 0 Å². The van der Waals surface area contributed by atoms with Gasteiger partial charge < -0.3 is 9.47 Å². The summed E-state index contributed by atoms with van der Waals surface area (Å²) in [5.74, 6) is 0.644. The molecule has 0 radical (unpaired) electrons. The third-order valence-corrected chi connectivity index (χ3v) is 5.02. The van der Waals surface area contributed by atoms with Crippen molar-refractivity contribution >= 4 is 40.3 Å². The molecule has 1 fully saturated rings. The van der Waals surface area contributed by atoms with E-state index in [4.69, 9.17) is 11.6 Å². The maximum Gasteiger partial charge on any atom is 0.233 e. The summed E-state index contributed by atoms with van der Waals surface area (Å²) in [6.07, 6.45) is 2.30. The number of fused-ring (bicyclic) bond motifs is 1. The molecular weight excluding hydrogens is 306 g/mol. The minimum atomic E-state index is 0.204. The predicted octanol–water partition coefficient (Wildman–Crippen LogP) is 3.33. The fraction of sp³-hybridized carbons (Fsp3) is 0.467. The van der Waals surface area contributed by atoms with Gasteiger partial charge in [0, 0.05) is 24.7 Å².